The Morgan fingerprint density at radius 1 is 1.22 bits per heavy atom. The second-order valence-corrected chi connectivity index (χ2v) is 6.01. The molecule has 1 N–H and O–H groups in total. The Balaban J connectivity index is 2.33. The number of ether oxygens (including phenoxy) is 2. The molecular weight excluding hydrogens is 418 g/mol. The number of halogens is 1. The van der Waals surface area contributed by atoms with Gasteiger partial charge < -0.3 is 14.8 Å². The number of hydrogen-bond acceptors (Lipinski definition) is 6. The fourth-order valence-electron chi connectivity index (χ4n) is 2.18. The molecule has 0 unspecified atom stereocenters. The number of non-ortho nitro benzene ring substituents is 1. The first kappa shape index (κ1) is 19.9. The molecular formula is C18H14BrN3O5. The number of nitro groups is 1. The fourth-order valence-corrected chi connectivity index (χ4v) is 2.74. The number of anilines is 1. The fraction of sp³-hybridized carbons (Fsp3) is 0.111. The molecule has 0 bridgehead atoms. The van der Waals surface area contributed by atoms with E-state index in [0.29, 0.717) is 15.8 Å². The van der Waals surface area contributed by atoms with Gasteiger partial charge in [0.1, 0.15) is 23.1 Å². The van der Waals surface area contributed by atoms with Gasteiger partial charge in [0.15, 0.2) is 0 Å². The van der Waals surface area contributed by atoms with Crippen LogP contribution in [0.3, 0.4) is 0 Å². The third kappa shape index (κ3) is 4.83. The van der Waals surface area contributed by atoms with Crippen molar-refractivity contribution < 1.29 is 19.2 Å². The standard InChI is InChI=1S/C18H14BrN3O5/c1-26-16-5-3-11(8-14(16)19)7-12(10-20)18(23)21-15-9-13(22(24)25)4-6-17(15)27-2/h3-9H,1-2H3,(H,21,23)/b12-7+. The van der Waals surface area contributed by atoms with Crippen LogP contribution in [0.1, 0.15) is 5.56 Å². The van der Waals surface area contributed by atoms with Crippen molar-refractivity contribution in [2.45, 2.75) is 0 Å². The topological polar surface area (TPSA) is 114 Å². The maximum absolute atomic E-state index is 12.4. The van der Waals surface area contributed by atoms with Gasteiger partial charge in [0.05, 0.1) is 29.3 Å². The maximum atomic E-state index is 12.4. The van der Waals surface area contributed by atoms with Crippen LogP contribution in [0.2, 0.25) is 0 Å². The summed E-state index contributed by atoms with van der Waals surface area (Å²) < 4.78 is 10.9. The predicted octanol–water partition coefficient (Wildman–Crippen LogP) is 3.92. The number of hydrogen-bond donors (Lipinski definition) is 1. The summed E-state index contributed by atoms with van der Waals surface area (Å²) in [6, 6.07) is 10.7. The minimum Gasteiger partial charge on any atom is -0.496 e. The lowest BCUT2D eigenvalue weighted by molar-refractivity contribution is -0.384. The van der Waals surface area contributed by atoms with Crippen molar-refractivity contribution in [3.8, 4) is 17.6 Å². The largest absolute Gasteiger partial charge is 0.496 e. The normalized spacial score (nSPS) is 10.7. The highest BCUT2D eigenvalue weighted by atomic mass is 79.9. The van der Waals surface area contributed by atoms with Crippen molar-refractivity contribution in [2.75, 3.05) is 19.5 Å². The summed E-state index contributed by atoms with van der Waals surface area (Å²) in [6.07, 6.45) is 1.39. The first-order valence-electron chi connectivity index (χ1n) is 7.48. The molecule has 0 aromatic heterocycles. The molecule has 0 atom stereocenters. The molecule has 0 heterocycles. The van der Waals surface area contributed by atoms with Gasteiger partial charge in [0, 0.05) is 12.1 Å². The molecule has 27 heavy (non-hydrogen) atoms. The lowest BCUT2D eigenvalue weighted by atomic mass is 10.1. The summed E-state index contributed by atoms with van der Waals surface area (Å²) in [5.74, 6) is 0.123. The number of carbonyl (C=O) groups is 1. The van der Waals surface area contributed by atoms with Crippen LogP contribution in [0.5, 0.6) is 11.5 Å². The first-order chi connectivity index (χ1) is 12.9. The molecule has 0 saturated carbocycles. The van der Waals surface area contributed by atoms with E-state index in [9.17, 15) is 20.2 Å². The summed E-state index contributed by atoms with van der Waals surface area (Å²) >= 11 is 3.33. The molecule has 0 aliphatic rings. The van der Waals surface area contributed by atoms with Gasteiger partial charge in [-0.25, -0.2) is 0 Å². The molecule has 138 valence electrons. The van der Waals surface area contributed by atoms with Gasteiger partial charge in [-0.15, -0.1) is 0 Å². The quantitative estimate of drug-likeness (QED) is 0.320. The minimum absolute atomic E-state index is 0.0914. The van der Waals surface area contributed by atoms with E-state index >= 15 is 0 Å². The molecule has 8 nitrogen and oxygen atoms in total. The minimum atomic E-state index is -0.719. The molecule has 0 fully saturated rings. The van der Waals surface area contributed by atoms with Gasteiger partial charge in [0.2, 0.25) is 0 Å². The number of amides is 1. The number of rotatable bonds is 6. The van der Waals surface area contributed by atoms with Crippen molar-refractivity contribution in [1.29, 1.82) is 5.26 Å². The zero-order valence-corrected chi connectivity index (χ0v) is 15.9. The highest BCUT2D eigenvalue weighted by Crippen LogP contribution is 2.30. The molecule has 0 spiro atoms. The summed E-state index contributed by atoms with van der Waals surface area (Å²) in [6.45, 7) is 0. The Labute approximate surface area is 163 Å². The number of methoxy groups -OCH3 is 2. The highest BCUT2D eigenvalue weighted by Gasteiger charge is 2.16. The van der Waals surface area contributed by atoms with Crippen molar-refractivity contribution >= 4 is 39.3 Å². The third-order valence-corrected chi connectivity index (χ3v) is 4.11. The molecule has 1 amide bonds. The smallest absolute Gasteiger partial charge is 0.271 e. The van der Waals surface area contributed by atoms with Crippen LogP contribution < -0.4 is 14.8 Å². The Hall–Kier alpha value is -3.38. The van der Waals surface area contributed by atoms with E-state index in [1.165, 1.54) is 32.4 Å². The Morgan fingerprint density at radius 3 is 2.44 bits per heavy atom. The van der Waals surface area contributed by atoms with Crippen LogP contribution in [0.4, 0.5) is 11.4 Å². The predicted molar refractivity (Wildman–Crippen MR) is 103 cm³/mol. The van der Waals surface area contributed by atoms with Crippen molar-refractivity contribution in [1.82, 2.24) is 0 Å². The zero-order valence-electron chi connectivity index (χ0n) is 14.4. The van der Waals surface area contributed by atoms with Gasteiger partial charge in [-0.2, -0.15) is 5.26 Å². The number of benzene rings is 2. The molecule has 0 radical (unpaired) electrons. The van der Waals surface area contributed by atoms with Crippen LogP contribution in [0.15, 0.2) is 46.4 Å². The molecule has 2 aromatic carbocycles. The molecule has 9 heteroatoms. The lowest BCUT2D eigenvalue weighted by Crippen LogP contribution is -2.14. The van der Waals surface area contributed by atoms with Crippen LogP contribution in [-0.4, -0.2) is 25.1 Å². The Bertz CT molecular complexity index is 966. The first-order valence-corrected chi connectivity index (χ1v) is 8.28. The average molecular weight is 432 g/mol. The van der Waals surface area contributed by atoms with E-state index in [0.717, 1.165) is 6.07 Å². The van der Waals surface area contributed by atoms with Gasteiger partial charge in [-0.3, -0.25) is 14.9 Å². The summed E-state index contributed by atoms with van der Waals surface area (Å²) in [4.78, 5) is 22.8. The number of nitro benzene ring substituents is 1. The lowest BCUT2D eigenvalue weighted by Gasteiger charge is -2.09. The molecule has 2 aromatic rings. The summed E-state index contributed by atoms with van der Waals surface area (Å²) in [7, 11) is 2.89. The summed E-state index contributed by atoms with van der Waals surface area (Å²) in [5.41, 5.74) is 0.294. The van der Waals surface area contributed by atoms with Crippen LogP contribution in [0.25, 0.3) is 6.08 Å². The van der Waals surface area contributed by atoms with E-state index < -0.39 is 10.8 Å². The van der Waals surface area contributed by atoms with Crippen LogP contribution in [-0.2, 0) is 4.79 Å². The van der Waals surface area contributed by atoms with E-state index in [-0.39, 0.29) is 22.7 Å². The molecule has 0 aliphatic carbocycles. The SMILES string of the molecule is COc1ccc(/C=C(\C#N)C(=O)Nc2cc([N+](=O)[O-])ccc2OC)cc1Br. The Kier molecular flexibility index (Phi) is 6.51. The van der Waals surface area contributed by atoms with Crippen LogP contribution >= 0.6 is 15.9 Å². The number of nitrogens with zero attached hydrogens (tertiary/aromatic N) is 2. The van der Waals surface area contributed by atoms with Gasteiger partial charge in [-0.1, -0.05) is 6.07 Å². The zero-order chi connectivity index (χ0) is 20.0. The average Bonchev–Trinajstić information content (AvgIpc) is 2.65. The second kappa shape index (κ2) is 8.82. The number of carbonyl (C=O) groups excluding carboxylic acids is 1. The monoisotopic (exact) mass is 431 g/mol. The number of nitrogens with one attached hydrogen (secondary N) is 1. The highest BCUT2D eigenvalue weighted by molar-refractivity contribution is 9.10. The third-order valence-electron chi connectivity index (χ3n) is 3.49. The van der Waals surface area contributed by atoms with Gasteiger partial charge in [0.25, 0.3) is 11.6 Å². The van der Waals surface area contributed by atoms with E-state index in [2.05, 4.69) is 21.2 Å². The van der Waals surface area contributed by atoms with Gasteiger partial charge >= 0.3 is 0 Å². The van der Waals surface area contributed by atoms with Gasteiger partial charge in [-0.05, 0) is 45.8 Å². The van der Waals surface area contributed by atoms with Crippen molar-refractivity contribution in [3.05, 3.63) is 62.1 Å². The Morgan fingerprint density at radius 2 is 1.89 bits per heavy atom. The van der Waals surface area contributed by atoms with E-state index in [1.807, 2.05) is 6.07 Å². The second-order valence-electron chi connectivity index (χ2n) is 5.16. The van der Waals surface area contributed by atoms with E-state index in [4.69, 9.17) is 9.47 Å². The van der Waals surface area contributed by atoms with E-state index in [1.54, 1.807) is 18.2 Å². The molecule has 0 aliphatic heterocycles. The van der Waals surface area contributed by atoms with Crippen molar-refractivity contribution in [3.63, 3.8) is 0 Å². The molecule has 0 saturated heterocycles. The number of nitriles is 1. The maximum Gasteiger partial charge on any atom is 0.271 e. The summed E-state index contributed by atoms with van der Waals surface area (Å²) in [5, 5.41) is 22.7. The van der Waals surface area contributed by atoms with Crippen molar-refractivity contribution in [2.24, 2.45) is 0 Å². The molecule has 2 rings (SSSR count). The van der Waals surface area contributed by atoms with Crippen LogP contribution in [0, 0.1) is 21.4 Å².